The third-order valence-electron chi connectivity index (χ3n) is 2.51. The van der Waals surface area contributed by atoms with Crippen molar-refractivity contribution in [3.63, 3.8) is 0 Å². The Morgan fingerprint density at radius 1 is 1.38 bits per heavy atom. The lowest BCUT2D eigenvalue weighted by atomic mass is 10.1. The van der Waals surface area contributed by atoms with Gasteiger partial charge in [0.25, 0.3) is 0 Å². The molecule has 0 aliphatic heterocycles. The number of aromatic nitrogens is 1. The summed E-state index contributed by atoms with van der Waals surface area (Å²) in [5.74, 6) is 1.64. The molecule has 4 heteroatoms. The van der Waals surface area contributed by atoms with Crippen LogP contribution in [-0.4, -0.2) is 29.6 Å². The molecular weight excluding hydrogens is 224 g/mol. The highest BCUT2D eigenvalue weighted by molar-refractivity contribution is 6.18. The quantitative estimate of drug-likeness (QED) is 0.833. The highest BCUT2D eigenvalue weighted by Gasteiger charge is 2.07. The Bertz CT molecular complexity index is 501. The van der Waals surface area contributed by atoms with Crippen molar-refractivity contribution in [1.82, 2.24) is 4.98 Å². The Morgan fingerprint density at radius 2 is 2.19 bits per heavy atom. The third kappa shape index (κ3) is 2.04. The summed E-state index contributed by atoms with van der Waals surface area (Å²) in [7, 11) is 1.94. The number of phenols is 1. The Balaban J connectivity index is 2.55. The Hall–Kier alpha value is -1.48. The van der Waals surface area contributed by atoms with Crippen molar-refractivity contribution in [2.45, 2.75) is 0 Å². The molecule has 16 heavy (non-hydrogen) atoms. The number of pyridine rings is 1. The molecule has 1 aromatic carbocycles. The Labute approximate surface area is 99.3 Å². The van der Waals surface area contributed by atoms with Crippen molar-refractivity contribution in [3.8, 4) is 5.75 Å². The lowest BCUT2D eigenvalue weighted by Crippen LogP contribution is -2.20. The van der Waals surface area contributed by atoms with Gasteiger partial charge in [-0.05, 0) is 23.6 Å². The monoisotopic (exact) mass is 236 g/mol. The van der Waals surface area contributed by atoms with Crippen LogP contribution in [0.25, 0.3) is 10.8 Å². The van der Waals surface area contributed by atoms with E-state index in [0.29, 0.717) is 5.88 Å². The minimum atomic E-state index is 0.251. The normalized spacial score (nSPS) is 10.6. The molecule has 0 amide bonds. The van der Waals surface area contributed by atoms with Crippen molar-refractivity contribution in [2.24, 2.45) is 0 Å². The first-order valence-corrected chi connectivity index (χ1v) is 5.60. The molecule has 0 bridgehead atoms. The molecule has 3 nitrogen and oxygen atoms in total. The summed E-state index contributed by atoms with van der Waals surface area (Å²) in [6.45, 7) is 0.726. The van der Waals surface area contributed by atoms with Crippen LogP contribution in [0, 0.1) is 0 Å². The van der Waals surface area contributed by atoms with E-state index in [2.05, 4.69) is 4.98 Å². The molecule has 2 aromatic rings. The molecule has 0 saturated carbocycles. The second-order valence-electron chi connectivity index (χ2n) is 3.65. The van der Waals surface area contributed by atoms with E-state index in [9.17, 15) is 5.11 Å². The molecular formula is C12H13ClN2O. The first-order chi connectivity index (χ1) is 7.72. The zero-order chi connectivity index (χ0) is 11.5. The van der Waals surface area contributed by atoms with E-state index in [4.69, 9.17) is 11.6 Å². The predicted molar refractivity (Wildman–Crippen MR) is 67.4 cm³/mol. The van der Waals surface area contributed by atoms with Crippen LogP contribution in [0.4, 0.5) is 5.82 Å². The largest absolute Gasteiger partial charge is 0.508 e. The zero-order valence-electron chi connectivity index (χ0n) is 9.02. The number of hydrogen-bond acceptors (Lipinski definition) is 3. The molecule has 0 spiro atoms. The van der Waals surface area contributed by atoms with Crippen LogP contribution >= 0.6 is 11.6 Å². The molecule has 0 radical (unpaired) electrons. The maximum absolute atomic E-state index is 9.49. The summed E-state index contributed by atoms with van der Waals surface area (Å²) in [5.41, 5.74) is 0. The number of hydrogen-bond donors (Lipinski definition) is 1. The first-order valence-electron chi connectivity index (χ1n) is 5.07. The molecule has 1 aromatic heterocycles. The number of rotatable bonds is 3. The van der Waals surface area contributed by atoms with E-state index < -0.39 is 0 Å². The molecule has 0 unspecified atom stereocenters. The summed E-state index contributed by atoms with van der Waals surface area (Å²) < 4.78 is 0. The van der Waals surface area contributed by atoms with Crippen LogP contribution in [-0.2, 0) is 0 Å². The molecule has 84 valence electrons. The van der Waals surface area contributed by atoms with Gasteiger partial charge in [-0.1, -0.05) is 6.07 Å². The van der Waals surface area contributed by atoms with Crippen LogP contribution in [0.2, 0.25) is 0 Å². The van der Waals surface area contributed by atoms with Gasteiger partial charge in [0.15, 0.2) is 0 Å². The second-order valence-corrected chi connectivity index (χ2v) is 4.03. The van der Waals surface area contributed by atoms with Gasteiger partial charge in [0.05, 0.1) is 0 Å². The molecule has 0 saturated heterocycles. The maximum Gasteiger partial charge on any atom is 0.136 e. The molecule has 0 aliphatic rings. The minimum Gasteiger partial charge on any atom is -0.508 e. The van der Waals surface area contributed by atoms with E-state index in [-0.39, 0.29) is 5.75 Å². The van der Waals surface area contributed by atoms with Gasteiger partial charge in [0.2, 0.25) is 0 Å². The van der Waals surface area contributed by atoms with Crippen LogP contribution in [0.15, 0.2) is 30.5 Å². The van der Waals surface area contributed by atoms with Gasteiger partial charge in [0, 0.05) is 31.1 Å². The summed E-state index contributed by atoms with van der Waals surface area (Å²) >= 11 is 5.71. The molecule has 0 aliphatic carbocycles. The Morgan fingerprint density at radius 3 is 2.94 bits per heavy atom. The predicted octanol–water partition coefficient (Wildman–Crippen LogP) is 2.62. The highest BCUT2D eigenvalue weighted by atomic mass is 35.5. The summed E-state index contributed by atoms with van der Waals surface area (Å²) in [6, 6.07) is 7.20. The van der Waals surface area contributed by atoms with Gasteiger partial charge < -0.3 is 10.0 Å². The summed E-state index contributed by atoms with van der Waals surface area (Å²) in [5, 5.41) is 11.5. The fourth-order valence-corrected chi connectivity index (χ4v) is 1.93. The van der Waals surface area contributed by atoms with Gasteiger partial charge in [0.1, 0.15) is 11.6 Å². The lowest BCUT2D eigenvalue weighted by Gasteiger charge is -2.18. The van der Waals surface area contributed by atoms with Crippen molar-refractivity contribution in [2.75, 3.05) is 24.4 Å². The van der Waals surface area contributed by atoms with Crippen LogP contribution in [0.3, 0.4) is 0 Å². The standard InChI is InChI=1S/C12H13ClN2O/c1-15(7-5-13)12-11-8-10(16)3-2-9(11)4-6-14-12/h2-4,6,8,16H,5,7H2,1H3. The smallest absolute Gasteiger partial charge is 0.136 e. The van der Waals surface area contributed by atoms with Crippen molar-refractivity contribution < 1.29 is 5.11 Å². The van der Waals surface area contributed by atoms with E-state index in [1.165, 1.54) is 0 Å². The lowest BCUT2D eigenvalue weighted by molar-refractivity contribution is 0.476. The van der Waals surface area contributed by atoms with Gasteiger partial charge in [-0.2, -0.15) is 0 Å². The number of alkyl halides is 1. The van der Waals surface area contributed by atoms with Crippen molar-refractivity contribution in [3.05, 3.63) is 30.5 Å². The highest BCUT2D eigenvalue weighted by Crippen LogP contribution is 2.26. The van der Waals surface area contributed by atoms with Crippen molar-refractivity contribution in [1.29, 1.82) is 0 Å². The van der Waals surface area contributed by atoms with E-state index >= 15 is 0 Å². The fourth-order valence-electron chi connectivity index (χ4n) is 1.68. The SMILES string of the molecule is CN(CCCl)c1nccc2ccc(O)cc12. The second kappa shape index (κ2) is 4.58. The third-order valence-corrected chi connectivity index (χ3v) is 2.68. The number of phenolic OH excluding ortho intramolecular Hbond substituents is 1. The molecule has 0 fully saturated rings. The molecule has 0 atom stereocenters. The molecule has 1 heterocycles. The minimum absolute atomic E-state index is 0.251. The number of halogens is 1. The maximum atomic E-state index is 9.49. The summed E-state index contributed by atoms with van der Waals surface area (Å²) in [4.78, 5) is 6.30. The summed E-state index contributed by atoms with van der Waals surface area (Å²) in [6.07, 6.45) is 1.76. The topological polar surface area (TPSA) is 36.4 Å². The van der Waals surface area contributed by atoms with Crippen LogP contribution < -0.4 is 4.90 Å². The first kappa shape index (κ1) is 11.0. The van der Waals surface area contributed by atoms with E-state index in [1.807, 2.05) is 24.1 Å². The van der Waals surface area contributed by atoms with E-state index in [0.717, 1.165) is 23.1 Å². The molecule has 1 N–H and O–H groups in total. The van der Waals surface area contributed by atoms with Gasteiger partial charge in [-0.15, -0.1) is 11.6 Å². The van der Waals surface area contributed by atoms with Crippen LogP contribution in [0.1, 0.15) is 0 Å². The number of benzene rings is 1. The van der Waals surface area contributed by atoms with Gasteiger partial charge in [-0.3, -0.25) is 0 Å². The number of fused-ring (bicyclic) bond motifs is 1. The number of aromatic hydroxyl groups is 1. The van der Waals surface area contributed by atoms with E-state index in [1.54, 1.807) is 18.3 Å². The fraction of sp³-hybridized carbons (Fsp3) is 0.250. The van der Waals surface area contributed by atoms with Gasteiger partial charge >= 0.3 is 0 Å². The van der Waals surface area contributed by atoms with Crippen LogP contribution in [0.5, 0.6) is 5.75 Å². The van der Waals surface area contributed by atoms with Crippen molar-refractivity contribution >= 4 is 28.2 Å². The average molecular weight is 237 g/mol. The molecule has 2 rings (SSSR count). The average Bonchev–Trinajstić information content (AvgIpc) is 2.28. The zero-order valence-corrected chi connectivity index (χ0v) is 9.78. The van der Waals surface area contributed by atoms with Gasteiger partial charge in [-0.25, -0.2) is 4.98 Å². The Kier molecular flexibility index (Phi) is 3.15. The number of anilines is 1. The number of nitrogens with zero attached hydrogens (tertiary/aromatic N) is 2.